The Morgan fingerprint density at radius 3 is 2.44 bits per heavy atom. The van der Waals surface area contributed by atoms with E-state index in [1.807, 2.05) is 24.3 Å². The molecule has 0 fully saturated rings. The Labute approximate surface area is 109 Å². The second-order valence-corrected chi connectivity index (χ2v) is 4.62. The minimum absolute atomic E-state index is 0.0941. The number of likely N-dealkylation sites (N-methyl/N-ethyl adjacent to an activating group) is 1. The van der Waals surface area contributed by atoms with Crippen molar-refractivity contribution in [3.63, 3.8) is 0 Å². The smallest absolute Gasteiger partial charge is 0.236 e. The maximum absolute atomic E-state index is 11.4. The normalized spacial score (nSPS) is 12.0. The maximum atomic E-state index is 11.4. The van der Waals surface area contributed by atoms with Crippen molar-refractivity contribution in [3.05, 3.63) is 29.8 Å². The van der Waals surface area contributed by atoms with Crippen LogP contribution in [-0.4, -0.2) is 44.6 Å². The largest absolute Gasteiger partial charge is 0.497 e. The van der Waals surface area contributed by atoms with E-state index < -0.39 is 0 Å². The minimum Gasteiger partial charge on any atom is -0.497 e. The van der Waals surface area contributed by atoms with Gasteiger partial charge in [0.1, 0.15) is 5.75 Å². The molecule has 0 saturated heterocycles. The van der Waals surface area contributed by atoms with E-state index in [-0.39, 0.29) is 11.9 Å². The molecule has 100 valence electrons. The van der Waals surface area contributed by atoms with Gasteiger partial charge in [-0.25, -0.2) is 0 Å². The van der Waals surface area contributed by atoms with Crippen molar-refractivity contribution in [2.24, 2.45) is 0 Å². The second kappa shape index (κ2) is 7.01. The molecule has 18 heavy (non-hydrogen) atoms. The molecule has 0 spiro atoms. The van der Waals surface area contributed by atoms with E-state index in [1.54, 1.807) is 26.1 Å². The van der Waals surface area contributed by atoms with Crippen LogP contribution in [0.4, 0.5) is 0 Å². The highest BCUT2D eigenvalue weighted by Crippen LogP contribution is 2.12. The number of ether oxygens (including phenoxy) is 1. The molecule has 1 amide bonds. The molecule has 1 rings (SSSR count). The third kappa shape index (κ3) is 4.75. The topological polar surface area (TPSA) is 41.6 Å². The van der Waals surface area contributed by atoms with Gasteiger partial charge in [0.05, 0.1) is 13.7 Å². The predicted octanol–water partition coefficient (Wildman–Crippen LogP) is 1.30. The first-order valence-corrected chi connectivity index (χ1v) is 6.09. The third-order valence-corrected chi connectivity index (χ3v) is 2.80. The summed E-state index contributed by atoms with van der Waals surface area (Å²) < 4.78 is 5.11. The summed E-state index contributed by atoms with van der Waals surface area (Å²) in [7, 11) is 5.18. The summed E-state index contributed by atoms with van der Waals surface area (Å²) in [6.45, 7) is 2.46. The molecule has 0 aliphatic heterocycles. The number of rotatable bonds is 6. The Morgan fingerprint density at radius 2 is 1.94 bits per heavy atom. The molecule has 0 aliphatic carbocycles. The molecule has 0 heterocycles. The van der Waals surface area contributed by atoms with Gasteiger partial charge in [-0.1, -0.05) is 12.1 Å². The molecule has 0 radical (unpaired) electrons. The van der Waals surface area contributed by atoms with Gasteiger partial charge in [0.2, 0.25) is 5.91 Å². The van der Waals surface area contributed by atoms with Gasteiger partial charge in [-0.3, -0.25) is 4.79 Å². The molecule has 0 aliphatic rings. The highest BCUT2D eigenvalue weighted by Gasteiger charge is 2.07. The van der Waals surface area contributed by atoms with Crippen LogP contribution >= 0.6 is 0 Å². The summed E-state index contributed by atoms with van der Waals surface area (Å²) in [6, 6.07) is 8.26. The van der Waals surface area contributed by atoms with Crippen LogP contribution in [0, 0.1) is 0 Å². The number of amides is 1. The molecule has 1 unspecified atom stereocenters. The number of carbonyl (C=O) groups is 1. The van der Waals surface area contributed by atoms with Gasteiger partial charge >= 0.3 is 0 Å². The van der Waals surface area contributed by atoms with Gasteiger partial charge in [0.15, 0.2) is 0 Å². The molecule has 4 heteroatoms. The third-order valence-electron chi connectivity index (χ3n) is 2.80. The van der Waals surface area contributed by atoms with Crippen LogP contribution < -0.4 is 10.1 Å². The average Bonchev–Trinajstić information content (AvgIpc) is 2.36. The Kier molecular flexibility index (Phi) is 5.65. The summed E-state index contributed by atoms with van der Waals surface area (Å²) in [5.74, 6) is 0.957. The molecule has 0 aromatic heterocycles. The molecule has 1 N–H and O–H groups in total. The van der Waals surface area contributed by atoms with Crippen molar-refractivity contribution in [2.75, 3.05) is 27.7 Å². The number of nitrogens with zero attached hydrogens (tertiary/aromatic N) is 1. The second-order valence-electron chi connectivity index (χ2n) is 4.62. The van der Waals surface area contributed by atoms with E-state index in [9.17, 15) is 4.79 Å². The molecular formula is C14H22N2O2. The first kappa shape index (κ1) is 14.5. The fraction of sp³-hybridized carbons (Fsp3) is 0.500. The Morgan fingerprint density at radius 1 is 1.33 bits per heavy atom. The van der Waals surface area contributed by atoms with Gasteiger partial charge in [-0.15, -0.1) is 0 Å². The first-order valence-electron chi connectivity index (χ1n) is 6.09. The fourth-order valence-corrected chi connectivity index (χ4v) is 1.61. The quantitative estimate of drug-likeness (QED) is 0.827. The number of hydrogen-bond donors (Lipinski definition) is 1. The van der Waals surface area contributed by atoms with Crippen molar-refractivity contribution in [2.45, 2.75) is 19.4 Å². The summed E-state index contributed by atoms with van der Waals surface area (Å²) in [5.41, 5.74) is 1.23. The molecule has 1 aromatic rings. The van der Waals surface area contributed by atoms with E-state index in [1.165, 1.54) is 5.56 Å². The highest BCUT2D eigenvalue weighted by atomic mass is 16.5. The van der Waals surface area contributed by atoms with Gasteiger partial charge in [-0.2, -0.15) is 0 Å². The van der Waals surface area contributed by atoms with E-state index in [0.717, 1.165) is 12.2 Å². The number of carbonyl (C=O) groups excluding carboxylic acids is 1. The number of benzene rings is 1. The Bertz CT molecular complexity index is 374. The van der Waals surface area contributed by atoms with Crippen molar-refractivity contribution in [3.8, 4) is 5.75 Å². The minimum atomic E-state index is 0.0941. The van der Waals surface area contributed by atoms with Crippen LogP contribution in [0.2, 0.25) is 0 Å². The van der Waals surface area contributed by atoms with Gasteiger partial charge in [-0.05, 0) is 31.0 Å². The molecule has 0 bridgehead atoms. The van der Waals surface area contributed by atoms with Gasteiger partial charge < -0.3 is 15.0 Å². The lowest BCUT2D eigenvalue weighted by molar-refractivity contribution is -0.127. The maximum Gasteiger partial charge on any atom is 0.236 e. The number of hydrogen-bond acceptors (Lipinski definition) is 3. The van der Waals surface area contributed by atoms with Gasteiger partial charge in [0, 0.05) is 20.1 Å². The number of methoxy groups -OCH3 is 1. The summed E-state index contributed by atoms with van der Waals surface area (Å²) >= 11 is 0. The van der Waals surface area contributed by atoms with Crippen LogP contribution in [0.5, 0.6) is 5.75 Å². The summed E-state index contributed by atoms with van der Waals surface area (Å²) in [4.78, 5) is 13.0. The first-order chi connectivity index (χ1) is 8.52. The van der Waals surface area contributed by atoms with Crippen LogP contribution in [0.15, 0.2) is 24.3 Å². The van der Waals surface area contributed by atoms with Crippen molar-refractivity contribution in [1.82, 2.24) is 10.2 Å². The zero-order valence-corrected chi connectivity index (χ0v) is 11.6. The van der Waals surface area contributed by atoms with Crippen LogP contribution in [-0.2, 0) is 11.2 Å². The van der Waals surface area contributed by atoms with Crippen LogP contribution in [0.1, 0.15) is 12.5 Å². The standard InChI is InChI=1S/C14H22N2O2/c1-11(15-10-14(17)16(2)3)9-12-5-7-13(18-4)8-6-12/h5-8,11,15H,9-10H2,1-4H3. The van der Waals surface area contributed by atoms with E-state index in [4.69, 9.17) is 4.74 Å². The fourth-order valence-electron chi connectivity index (χ4n) is 1.61. The van der Waals surface area contributed by atoms with Crippen molar-refractivity contribution >= 4 is 5.91 Å². The lowest BCUT2D eigenvalue weighted by atomic mass is 10.1. The average molecular weight is 250 g/mol. The van der Waals surface area contributed by atoms with E-state index in [0.29, 0.717) is 6.54 Å². The number of nitrogens with one attached hydrogen (secondary N) is 1. The SMILES string of the molecule is COc1ccc(CC(C)NCC(=O)N(C)C)cc1. The lowest BCUT2D eigenvalue weighted by Crippen LogP contribution is -2.38. The van der Waals surface area contributed by atoms with Crippen LogP contribution in [0.25, 0.3) is 0 Å². The summed E-state index contributed by atoms with van der Waals surface area (Å²) in [5, 5.41) is 3.22. The van der Waals surface area contributed by atoms with Crippen molar-refractivity contribution in [1.29, 1.82) is 0 Å². The highest BCUT2D eigenvalue weighted by molar-refractivity contribution is 5.77. The molecular weight excluding hydrogens is 228 g/mol. The molecule has 1 aromatic carbocycles. The summed E-state index contributed by atoms with van der Waals surface area (Å²) in [6.07, 6.45) is 0.894. The molecule has 0 saturated carbocycles. The Hall–Kier alpha value is -1.55. The van der Waals surface area contributed by atoms with E-state index >= 15 is 0 Å². The predicted molar refractivity (Wildman–Crippen MR) is 72.9 cm³/mol. The van der Waals surface area contributed by atoms with Gasteiger partial charge in [0.25, 0.3) is 0 Å². The monoisotopic (exact) mass is 250 g/mol. The van der Waals surface area contributed by atoms with Crippen LogP contribution in [0.3, 0.4) is 0 Å². The zero-order valence-electron chi connectivity index (χ0n) is 11.6. The Balaban J connectivity index is 2.39. The zero-order chi connectivity index (χ0) is 13.5. The van der Waals surface area contributed by atoms with Crippen molar-refractivity contribution < 1.29 is 9.53 Å². The van der Waals surface area contributed by atoms with E-state index in [2.05, 4.69) is 12.2 Å². The molecule has 4 nitrogen and oxygen atoms in total. The lowest BCUT2D eigenvalue weighted by Gasteiger charge is -2.16. The molecule has 1 atom stereocenters.